The Bertz CT molecular complexity index is 618. The van der Waals surface area contributed by atoms with E-state index in [1.54, 1.807) is 0 Å². The molecule has 0 bridgehead atoms. The Morgan fingerprint density at radius 3 is 2.89 bits per heavy atom. The highest BCUT2D eigenvalue weighted by Gasteiger charge is 2.32. The van der Waals surface area contributed by atoms with Crippen molar-refractivity contribution in [2.24, 2.45) is 0 Å². The quantitative estimate of drug-likeness (QED) is 0.292. The molecule has 0 aromatic carbocycles. The van der Waals surface area contributed by atoms with Crippen molar-refractivity contribution in [3.8, 4) is 0 Å². The van der Waals surface area contributed by atoms with Gasteiger partial charge in [-0.15, -0.1) is 9.12 Å². The Labute approximate surface area is 167 Å². The van der Waals surface area contributed by atoms with Crippen molar-refractivity contribution < 1.29 is 28.4 Å². The van der Waals surface area contributed by atoms with Crippen LogP contribution in [0.4, 0.5) is 0 Å². The molecular formula is C17H27BNO6PS. The number of ether oxygens (including phenoxy) is 3. The van der Waals surface area contributed by atoms with Gasteiger partial charge in [-0.3, -0.25) is 0 Å². The van der Waals surface area contributed by atoms with Crippen molar-refractivity contribution in [1.82, 2.24) is 4.98 Å². The average molecular weight is 415 g/mol. The van der Waals surface area contributed by atoms with E-state index in [4.69, 9.17) is 28.4 Å². The molecule has 0 amide bonds. The topological polar surface area (TPSA) is 83.2 Å². The zero-order valence-electron chi connectivity index (χ0n) is 15.3. The van der Waals surface area contributed by atoms with Crippen LogP contribution in [-0.4, -0.2) is 47.5 Å². The van der Waals surface area contributed by atoms with Crippen LogP contribution in [0.1, 0.15) is 50.0 Å². The second-order valence-corrected chi connectivity index (χ2v) is 8.57. The summed E-state index contributed by atoms with van der Waals surface area (Å²) in [5.74, 6) is 0.105. The maximum absolute atomic E-state index is 9.08. The molecule has 3 rings (SSSR count). The number of hydrogen-bond acceptors (Lipinski definition) is 8. The van der Waals surface area contributed by atoms with Crippen LogP contribution in [0.3, 0.4) is 0 Å². The third kappa shape index (κ3) is 6.56. The average Bonchev–Trinajstić information content (AvgIpc) is 3.10. The maximum Gasteiger partial charge on any atom is 0.380 e. The van der Waals surface area contributed by atoms with Crippen molar-refractivity contribution in [2.45, 2.75) is 63.3 Å². The zero-order valence-corrected chi connectivity index (χ0v) is 17.3. The number of rotatable bonds is 8. The fraction of sp³-hybridized carbons (Fsp3) is 0.706. The second-order valence-electron chi connectivity index (χ2n) is 6.90. The highest BCUT2D eigenvalue weighted by Crippen LogP contribution is 2.32. The lowest BCUT2D eigenvalue weighted by atomic mass is 9.94. The fourth-order valence-corrected chi connectivity index (χ4v) is 3.68. The van der Waals surface area contributed by atoms with Crippen LogP contribution in [-0.2, 0) is 25.5 Å². The summed E-state index contributed by atoms with van der Waals surface area (Å²) >= 11 is 4.19. The standard InChI is InChI=1S/C17H27BNO6PS/c1-11-6-12(3-5-23-18(26)27)24-14(7-11)8-13-2-4-21-17(25-13)15-10-22-16(9-20)19-15/h10,12-14,17,20,27H,1-9,26H2/t12-,13-,14+,17-/m0/s1. The number of oxazole rings is 1. The van der Waals surface area contributed by atoms with E-state index in [-0.39, 0.29) is 36.7 Å². The summed E-state index contributed by atoms with van der Waals surface area (Å²) in [6, 6.07) is 0. The van der Waals surface area contributed by atoms with Crippen LogP contribution in [0.2, 0.25) is 0 Å². The lowest BCUT2D eigenvalue weighted by Gasteiger charge is -2.36. The molecule has 150 valence electrons. The van der Waals surface area contributed by atoms with Gasteiger partial charge in [0, 0.05) is 13.0 Å². The Hall–Kier alpha value is -0.405. The van der Waals surface area contributed by atoms with Gasteiger partial charge < -0.3 is 28.4 Å². The minimum Gasteiger partial charge on any atom is -0.446 e. The molecule has 0 spiro atoms. The molecular weight excluding hydrogens is 388 g/mol. The maximum atomic E-state index is 9.08. The highest BCUT2D eigenvalue weighted by molar-refractivity contribution is 8.23. The summed E-state index contributed by atoms with van der Waals surface area (Å²) in [6.07, 6.45) is 5.22. The van der Waals surface area contributed by atoms with Crippen LogP contribution in [0.5, 0.6) is 0 Å². The Morgan fingerprint density at radius 2 is 2.15 bits per heavy atom. The van der Waals surface area contributed by atoms with Gasteiger partial charge >= 0.3 is 5.91 Å². The highest BCUT2D eigenvalue weighted by atomic mass is 32.1. The van der Waals surface area contributed by atoms with Crippen molar-refractivity contribution in [3.05, 3.63) is 30.0 Å². The van der Waals surface area contributed by atoms with Crippen LogP contribution in [0.15, 0.2) is 22.8 Å². The van der Waals surface area contributed by atoms with E-state index in [0.29, 0.717) is 18.9 Å². The monoisotopic (exact) mass is 415 g/mol. The van der Waals surface area contributed by atoms with E-state index < -0.39 is 6.29 Å². The SMILES string of the molecule is C=C1C[C@H](C[C@@H]2CCO[C@H](c3coc(CO)n3)O2)O[C@@H](CCOB(P)S)C1. The molecule has 5 atom stereocenters. The Kier molecular flexibility index (Phi) is 8.20. The van der Waals surface area contributed by atoms with Crippen molar-refractivity contribution >= 4 is 27.5 Å². The molecule has 0 saturated carbocycles. The molecule has 1 aromatic heterocycles. The van der Waals surface area contributed by atoms with Crippen molar-refractivity contribution in [3.63, 3.8) is 0 Å². The van der Waals surface area contributed by atoms with Crippen LogP contribution in [0.25, 0.3) is 0 Å². The van der Waals surface area contributed by atoms with Crippen molar-refractivity contribution in [2.75, 3.05) is 13.2 Å². The Balaban J connectivity index is 1.50. The molecule has 2 saturated heterocycles. The van der Waals surface area contributed by atoms with E-state index >= 15 is 0 Å². The number of nitrogens with zero attached hydrogens (tertiary/aromatic N) is 1. The number of thiol groups is 1. The fourth-order valence-electron chi connectivity index (χ4n) is 3.44. The van der Waals surface area contributed by atoms with E-state index in [1.807, 2.05) is 0 Å². The first kappa shape index (κ1) is 21.3. The number of hydrogen-bond donors (Lipinski definition) is 2. The minimum atomic E-state index is -0.571. The van der Waals surface area contributed by atoms with Gasteiger partial charge in [-0.25, -0.2) is 4.98 Å². The van der Waals surface area contributed by atoms with Gasteiger partial charge in [0.1, 0.15) is 18.6 Å². The van der Waals surface area contributed by atoms with E-state index in [9.17, 15) is 0 Å². The lowest BCUT2D eigenvalue weighted by Crippen LogP contribution is -2.36. The smallest absolute Gasteiger partial charge is 0.380 e. The van der Waals surface area contributed by atoms with Crippen molar-refractivity contribution in [1.29, 1.82) is 0 Å². The number of aliphatic hydroxyl groups is 1. The molecule has 2 aliphatic rings. The van der Waals surface area contributed by atoms with Gasteiger partial charge in [0.2, 0.25) is 12.2 Å². The first-order chi connectivity index (χ1) is 13.0. The minimum absolute atomic E-state index is 0.0136. The lowest BCUT2D eigenvalue weighted by molar-refractivity contribution is -0.227. The predicted molar refractivity (Wildman–Crippen MR) is 107 cm³/mol. The van der Waals surface area contributed by atoms with E-state index in [0.717, 1.165) is 32.1 Å². The summed E-state index contributed by atoms with van der Waals surface area (Å²) < 4.78 is 28.6. The molecule has 2 aliphatic heterocycles. The zero-order chi connectivity index (χ0) is 19.2. The molecule has 10 heteroatoms. The first-order valence-electron chi connectivity index (χ1n) is 9.23. The van der Waals surface area contributed by atoms with Crippen LogP contribution in [0, 0.1) is 0 Å². The first-order valence-corrected chi connectivity index (χ1v) is 10.4. The van der Waals surface area contributed by atoms with Gasteiger partial charge in [-0.1, -0.05) is 12.2 Å². The summed E-state index contributed by atoms with van der Waals surface area (Å²) in [4.78, 5) is 4.17. The largest absolute Gasteiger partial charge is 0.446 e. The molecule has 2 fully saturated rings. The van der Waals surface area contributed by atoms with Crippen LogP contribution >= 0.6 is 21.6 Å². The third-order valence-corrected chi connectivity index (χ3v) is 4.98. The summed E-state index contributed by atoms with van der Waals surface area (Å²) in [5, 5.41) is 9.08. The molecule has 7 nitrogen and oxygen atoms in total. The molecule has 27 heavy (non-hydrogen) atoms. The molecule has 0 aliphatic carbocycles. The molecule has 3 heterocycles. The second kappa shape index (κ2) is 10.4. The molecule has 1 unspecified atom stereocenters. The molecule has 1 N–H and O–H groups in total. The summed E-state index contributed by atoms with van der Waals surface area (Å²) in [6.45, 7) is 5.12. The Morgan fingerprint density at radius 1 is 1.33 bits per heavy atom. The molecule has 1 aromatic rings. The number of aromatic nitrogens is 1. The predicted octanol–water partition coefficient (Wildman–Crippen LogP) is 2.66. The van der Waals surface area contributed by atoms with Gasteiger partial charge in [0.25, 0.3) is 0 Å². The van der Waals surface area contributed by atoms with Gasteiger partial charge in [0.05, 0.1) is 24.9 Å². The van der Waals surface area contributed by atoms with Gasteiger partial charge in [0.15, 0.2) is 0 Å². The molecule has 0 radical (unpaired) electrons. The number of aliphatic hydroxyl groups excluding tert-OH is 1. The summed E-state index contributed by atoms with van der Waals surface area (Å²) in [5.41, 5.74) is 1.75. The normalized spacial score (nSPS) is 29.1. The summed E-state index contributed by atoms with van der Waals surface area (Å²) in [7, 11) is 2.50. The third-order valence-electron chi connectivity index (χ3n) is 4.64. The van der Waals surface area contributed by atoms with Gasteiger partial charge in [-0.05, 0) is 25.7 Å². The van der Waals surface area contributed by atoms with E-state index in [1.165, 1.54) is 11.8 Å². The van der Waals surface area contributed by atoms with E-state index in [2.05, 4.69) is 33.2 Å². The van der Waals surface area contributed by atoms with Crippen LogP contribution < -0.4 is 0 Å². The van der Waals surface area contributed by atoms with Gasteiger partial charge in [-0.2, -0.15) is 12.5 Å².